The Hall–Kier alpha value is -0.530. The lowest BCUT2D eigenvalue weighted by Gasteiger charge is -2.36. The van der Waals surface area contributed by atoms with Crippen LogP contribution in [0.4, 0.5) is 0 Å². The summed E-state index contributed by atoms with van der Waals surface area (Å²) in [6, 6.07) is 9.01. The molecule has 0 spiro atoms. The lowest BCUT2D eigenvalue weighted by atomic mass is 9.94. The normalized spacial score (nSPS) is 19.1. The highest BCUT2D eigenvalue weighted by molar-refractivity contribution is 6.30. The number of hydrogen-bond donors (Lipinski definition) is 0. The van der Waals surface area contributed by atoms with Crippen molar-refractivity contribution in [1.82, 2.24) is 4.90 Å². The summed E-state index contributed by atoms with van der Waals surface area (Å²) < 4.78 is 0. The largest absolute Gasteiger partial charge is 0.296 e. The zero-order valence-corrected chi connectivity index (χ0v) is 12.3. The monoisotopic (exact) mass is 265 g/mol. The van der Waals surface area contributed by atoms with Gasteiger partial charge in [0.1, 0.15) is 0 Å². The Balaban J connectivity index is 2.15. The predicted molar refractivity (Wildman–Crippen MR) is 79.1 cm³/mol. The van der Waals surface area contributed by atoms with Crippen LogP contribution in [0.5, 0.6) is 0 Å². The molecule has 0 aliphatic carbocycles. The molecule has 0 N–H and O–H groups in total. The fourth-order valence-corrected chi connectivity index (χ4v) is 2.98. The van der Waals surface area contributed by atoms with Crippen LogP contribution in [-0.2, 0) is 0 Å². The van der Waals surface area contributed by atoms with Gasteiger partial charge in [-0.2, -0.15) is 0 Å². The van der Waals surface area contributed by atoms with E-state index in [-0.39, 0.29) is 0 Å². The van der Waals surface area contributed by atoms with Crippen LogP contribution < -0.4 is 0 Å². The fourth-order valence-electron chi connectivity index (χ4n) is 2.86. The Morgan fingerprint density at radius 3 is 2.22 bits per heavy atom. The third-order valence-electron chi connectivity index (χ3n) is 3.78. The van der Waals surface area contributed by atoms with Crippen LogP contribution in [0.1, 0.15) is 51.1 Å². The van der Waals surface area contributed by atoms with E-state index in [0.29, 0.717) is 6.04 Å². The maximum atomic E-state index is 5.99. The predicted octanol–water partition coefficient (Wildman–Crippen LogP) is 4.91. The van der Waals surface area contributed by atoms with Gasteiger partial charge in [-0.15, -0.1) is 0 Å². The van der Waals surface area contributed by atoms with Gasteiger partial charge in [0.15, 0.2) is 0 Å². The minimum atomic E-state index is 0.572. The van der Waals surface area contributed by atoms with Gasteiger partial charge < -0.3 is 0 Å². The molecule has 0 radical (unpaired) electrons. The molecule has 1 fully saturated rings. The van der Waals surface area contributed by atoms with Crippen molar-refractivity contribution in [3.63, 3.8) is 0 Å². The summed E-state index contributed by atoms with van der Waals surface area (Å²) in [7, 11) is 0. The molecule has 1 aromatic carbocycles. The van der Waals surface area contributed by atoms with Crippen molar-refractivity contribution in [3.8, 4) is 0 Å². The number of likely N-dealkylation sites (tertiary alicyclic amines) is 1. The maximum absolute atomic E-state index is 5.99. The molecule has 18 heavy (non-hydrogen) atoms. The SMILES string of the molecule is CC(C)CC(c1ccc(Cl)cc1)N1CCCCC1. The number of benzene rings is 1. The van der Waals surface area contributed by atoms with Gasteiger partial charge in [-0.25, -0.2) is 0 Å². The van der Waals surface area contributed by atoms with Gasteiger partial charge in [0.25, 0.3) is 0 Å². The van der Waals surface area contributed by atoms with Crippen LogP contribution in [0.3, 0.4) is 0 Å². The summed E-state index contributed by atoms with van der Waals surface area (Å²) in [4.78, 5) is 2.66. The lowest BCUT2D eigenvalue weighted by molar-refractivity contribution is 0.145. The molecule has 1 saturated heterocycles. The summed E-state index contributed by atoms with van der Waals surface area (Å²) in [5.74, 6) is 0.729. The van der Waals surface area contributed by atoms with E-state index in [1.54, 1.807) is 0 Å². The fraction of sp³-hybridized carbons (Fsp3) is 0.625. The molecule has 1 aromatic rings. The molecular formula is C16H24ClN. The first-order valence-corrected chi connectivity index (χ1v) is 7.54. The van der Waals surface area contributed by atoms with E-state index in [9.17, 15) is 0 Å². The Labute approximate surface area is 116 Å². The summed E-state index contributed by atoms with van der Waals surface area (Å²) >= 11 is 5.99. The quantitative estimate of drug-likeness (QED) is 0.747. The van der Waals surface area contributed by atoms with Crippen LogP contribution in [0, 0.1) is 5.92 Å². The molecule has 1 nitrogen and oxygen atoms in total. The molecule has 1 atom stereocenters. The average Bonchev–Trinajstić information content (AvgIpc) is 2.38. The van der Waals surface area contributed by atoms with Crippen molar-refractivity contribution in [2.24, 2.45) is 5.92 Å². The van der Waals surface area contributed by atoms with Gasteiger partial charge in [0.2, 0.25) is 0 Å². The molecule has 0 aromatic heterocycles. The Kier molecular flexibility index (Phi) is 5.08. The second-order valence-corrected chi connectivity index (χ2v) is 6.23. The summed E-state index contributed by atoms with van der Waals surface area (Å²) in [5.41, 5.74) is 1.43. The van der Waals surface area contributed by atoms with Crippen LogP contribution >= 0.6 is 11.6 Å². The van der Waals surface area contributed by atoms with Crippen molar-refractivity contribution >= 4 is 11.6 Å². The van der Waals surface area contributed by atoms with Crippen LogP contribution in [0.25, 0.3) is 0 Å². The topological polar surface area (TPSA) is 3.24 Å². The molecule has 1 heterocycles. The molecule has 1 aliphatic rings. The molecule has 0 amide bonds. The number of rotatable bonds is 4. The van der Waals surface area contributed by atoms with Crippen LogP contribution in [0.15, 0.2) is 24.3 Å². The molecule has 0 bridgehead atoms. The van der Waals surface area contributed by atoms with Gasteiger partial charge >= 0.3 is 0 Å². The highest BCUT2D eigenvalue weighted by Crippen LogP contribution is 2.30. The zero-order valence-electron chi connectivity index (χ0n) is 11.5. The number of halogens is 1. The first-order valence-electron chi connectivity index (χ1n) is 7.16. The first-order chi connectivity index (χ1) is 8.66. The Bertz CT molecular complexity index is 352. The number of piperidine rings is 1. The van der Waals surface area contributed by atoms with Gasteiger partial charge in [0, 0.05) is 11.1 Å². The van der Waals surface area contributed by atoms with E-state index < -0.39 is 0 Å². The third-order valence-corrected chi connectivity index (χ3v) is 4.03. The molecule has 0 saturated carbocycles. The second kappa shape index (κ2) is 6.58. The van der Waals surface area contributed by atoms with Crippen molar-refractivity contribution in [2.45, 2.75) is 45.6 Å². The van der Waals surface area contributed by atoms with Gasteiger partial charge in [-0.05, 0) is 56.0 Å². The molecule has 1 aliphatic heterocycles. The first kappa shape index (κ1) is 13.9. The Morgan fingerprint density at radius 1 is 1.06 bits per heavy atom. The van der Waals surface area contributed by atoms with E-state index in [1.165, 1.54) is 44.3 Å². The van der Waals surface area contributed by atoms with Gasteiger partial charge in [-0.1, -0.05) is 44.0 Å². The summed E-state index contributed by atoms with van der Waals surface area (Å²) in [6.45, 7) is 7.12. The van der Waals surface area contributed by atoms with Crippen molar-refractivity contribution in [2.75, 3.05) is 13.1 Å². The van der Waals surface area contributed by atoms with Crippen molar-refractivity contribution in [3.05, 3.63) is 34.9 Å². The van der Waals surface area contributed by atoms with Gasteiger partial charge in [-0.3, -0.25) is 4.90 Å². The van der Waals surface area contributed by atoms with Gasteiger partial charge in [0.05, 0.1) is 0 Å². The minimum Gasteiger partial charge on any atom is -0.296 e. The highest BCUT2D eigenvalue weighted by Gasteiger charge is 2.22. The smallest absolute Gasteiger partial charge is 0.0406 e. The summed E-state index contributed by atoms with van der Waals surface area (Å²) in [6.07, 6.45) is 5.33. The van der Waals surface area contributed by atoms with E-state index in [2.05, 4.69) is 30.9 Å². The maximum Gasteiger partial charge on any atom is 0.0406 e. The minimum absolute atomic E-state index is 0.572. The number of nitrogens with zero attached hydrogens (tertiary/aromatic N) is 1. The molecule has 2 rings (SSSR count). The van der Waals surface area contributed by atoms with Crippen molar-refractivity contribution < 1.29 is 0 Å². The standard InChI is InChI=1S/C16H24ClN/c1-13(2)12-16(18-10-4-3-5-11-18)14-6-8-15(17)9-7-14/h6-9,13,16H,3-5,10-12H2,1-2H3. The van der Waals surface area contributed by atoms with E-state index in [1.807, 2.05) is 12.1 Å². The van der Waals surface area contributed by atoms with E-state index >= 15 is 0 Å². The second-order valence-electron chi connectivity index (χ2n) is 5.79. The van der Waals surface area contributed by atoms with Crippen LogP contribution in [-0.4, -0.2) is 18.0 Å². The number of hydrogen-bond acceptors (Lipinski definition) is 1. The van der Waals surface area contributed by atoms with Crippen molar-refractivity contribution in [1.29, 1.82) is 0 Å². The molecule has 1 unspecified atom stereocenters. The Morgan fingerprint density at radius 2 is 1.67 bits per heavy atom. The van der Waals surface area contributed by atoms with Crippen LogP contribution in [0.2, 0.25) is 5.02 Å². The highest BCUT2D eigenvalue weighted by atomic mass is 35.5. The van der Waals surface area contributed by atoms with E-state index in [0.717, 1.165) is 10.9 Å². The average molecular weight is 266 g/mol. The molecule has 2 heteroatoms. The zero-order chi connectivity index (χ0) is 13.0. The van der Waals surface area contributed by atoms with E-state index in [4.69, 9.17) is 11.6 Å². The molecular weight excluding hydrogens is 242 g/mol. The summed E-state index contributed by atoms with van der Waals surface area (Å²) in [5, 5.41) is 0.834. The third kappa shape index (κ3) is 3.73. The lowest BCUT2D eigenvalue weighted by Crippen LogP contribution is -2.34. The molecule has 100 valence electrons.